The summed E-state index contributed by atoms with van der Waals surface area (Å²) in [6.45, 7) is 9.13. The third-order valence-corrected chi connectivity index (χ3v) is 7.04. The summed E-state index contributed by atoms with van der Waals surface area (Å²) < 4.78 is 6.94. The van der Waals surface area contributed by atoms with Gasteiger partial charge in [-0.25, -0.2) is 4.98 Å². The Balaban J connectivity index is 1.38. The second-order valence-corrected chi connectivity index (χ2v) is 10.1. The van der Waals surface area contributed by atoms with Crippen molar-refractivity contribution >= 4 is 23.4 Å². The van der Waals surface area contributed by atoms with E-state index in [9.17, 15) is 9.59 Å². The zero-order chi connectivity index (χ0) is 22.2. The van der Waals surface area contributed by atoms with Crippen LogP contribution in [-0.2, 0) is 10.2 Å². The Morgan fingerprint density at radius 2 is 1.84 bits per heavy atom. The fraction of sp³-hybridized carbons (Fsp3) is 0.522. The fourth-order valence-corrected chi connectivity index (χ4v) is 5.17. The topological polar surface area (TPSA) is 67.7 Å². The number of nitrogens with zero attached hydrogens (tertiary/aromatic N) is 4. The smallest absolute Gasteiger partial charge is 0.254 e. The first kappa shape index (κ1) is 21.7. The van der Waals surface area contributed by atoms with E-state index < -0.39 is 0 Å². The number of fused-ring (bicyclic) bond motifs is 1. The number of amides is 1. The number of carbonyl (C=O) groups excluding carboxylic acids is 1. The van der Waals surface area contributed by atoms with Gasteiger partial charge in [0.25, 0.3) is 5.56 Å². The molecule has 7 nitrogen and oxygen atoms in total. The maximum absolute atomic E-state index is 13.0. The van der Waals surface area contributed by atoms with Crippen molar-refractivity contribution < 1.29 is 9.53 Å². The predicted molar refractivity (Wildman–Crippen MR) is 123 cm³/mol. The van der Waals surface area contributed by atoms with Gasteiger partial charge in [0.05, 0.1) is 18.8 Å². The van der Waals surface area contributed by atoms with E-state index in [1.54, 1.807) is 29.5 Å². The molecule has 0 spiro atoms. The van der Waals surface area contributed by atoms with Gasteiger partial charge in [-0.3, -0.25) is 14.2 Å². The number of aromatic nitrogens is 2. The molecule has 0 aliphatic carbocycles. The van der Waals surface area contributed by atoms with Crippen LogP contribution in [0.3, 0.4) is 0 Å². The van der Waals surface area contributed by atoms with Crippen molar-refractivity contribution in [1.29, 1.82) is 0 Å². The molecule has 2 aromatic rings. The molecule has 1 aromatic carbocycles. The zero-order valence-electron chi connectivity index (χ0n) is 18.6. The SMILES string of the molecule is COc1ccc(N2CCN(C(=O)CC3CSc4nc(C(C)(C)C)cc(=O)n43)CC2)cc1. The lowest BCUT2D eigenvalue weighted by molar-refractivity contribution is -0.132. The van der Waals surface area contributed by atoms with Crippen LogP contribution >= 0.6 is 11.8 Å². The number of thioether (sulfide) groups is 1. The quantitative estimate of drug-likeness (QED) is 0.679. The number of hydrogen-bond acceptors (Lipinski definition) is 6. The molecule has 0 saturated carbocycles. The van der Waals surface area contributed by atoms with Gasteiger partial charge >= 0.3 is 0 Å². The van der Waals surface area contributed by atoms with E-state index >= 15 is 0 Å². The largest absolute Gasteiger partial charge is 0.497 e. The fourth-order valence-electron chi connectivity index (χ4n) is 4.03. The van der Waals surface area contributed by atoms with E-state index in [0.29, 0.717) is 25.3 Å². The third-order valence-electron chi connectivity index (χ3n) is 5.94. The molecule has 166 valence electrons. The molecule has 8 heteroatoms. The van der Waals surface area contributed by atoms with Gasteiger partial charge in [-0.1, -0.05) is 32.5 Å². The second-order valence-electron chi connectivity index (χ2n) is 9.12. The van der Waals surface area contributed by atoms with E-state index in [1.165, 1.54) is 0 Å². The van der Waals surface area contributed by atoms with Crippen molar-refractivity contribution in [1.82, 2.24) is 14.5 Å². The van der Waals surface area contributed by atoms with E-state index in [1.807, 2.05) is 29.2 Å². The Morgan fingerprint density at radius 3 is 2.45 bits per heavy atom. The van der Waals surface area contributed by atoms with Gasteiger partial charge in [0.2, 0.25) is 5.91 Å². The third kappa shape index (κ3) is 4.59. The minimum atomic E-state index is -0.174. The lowest BCUT2D eigenvalue weighted by atomic mass is 9.92. The first-order valence-electron chi connectivity index (χ1n) is 10.7. The molecular formula is C23H30N4O3S. The van der Waals surface area contributed by atoms with E-state index in [-0.39, 0.29) is 22.9 Å². The van der Waals surface area contributed by atoms with Gasteiger partial charge in [0, 0.05) is 55.5 Å². The normalized spacial score (nSPS) is 18.8. The average molecular weight is 443 g/mol. The summed E-state index contributed by atoms with van der Waals surface area (Å²) in [5, 5.41) is 0.736. The van der Waals surface area contributed by atoms with Crippen LogP contribution in [0.2, 0.25) is 0 Å². The molecule has 2 aliphatic heterocycles. The standard InChI is InChI=1S/C23H30N4O3S/c1-23(2,3)19-14-21(29)27-17(15-31-22(27)24-19)13-20(28)26-11-9-25(10-12-26)16-5-7-18(30-4)8-6-16/h5-8,14,17H,9-13,15H2,1-4H3. The Morgan fingerprint density at radius 1 is 1.16 bits per heavy atom. The van der Waals surface area contributed by atoms with Crippen molar-refractivity contribution in [2.24, 2.45) is 0 Å². The Hall–Kier alpha value is -2.48. The number of rotatable bonds is 4. The van der Waals surface area contributed by atoms with Crippen LogP contribution in [0.25, 0.3) is 0 Å². The number of ether oxygens (including phenoxy) is 1. The molecule has 4 rings (SSSR count). The van der Waals surface area contributed by atoms with Gasteiger partial charge in [-0.15, -0.1) is 0 Å². The molecule has 31 heavy (non-hydrogen) atoms. The van der Waals surface area contributed by atoms with Crippen molar-refractivity contribution in [3.63, 3.8) is 0 Å². The molecule has 1 amide bonds. The van der Waals surface area contributed by atoms with E-state index in [4.69, 9.17) is 9.72 Å². The highest BCUT2D eigenvalue weighted by Crippen LogP contribution is 2.34. The number of carbonyl (C=O) groups is 1. The molecule has 0 bridgehead atoms. The highest BCUT2D eigenvalue weighted by Gasteiger charge is 2.31. The first-order valence-corrected chi connectivity index (χ1v) is 11.7. The lowest BCUT2D eigenvalue weighted by Crippen LogP contribution is -2.49. The van der Waals surface area contributed by atoms with Gasteiger partial charge in [-0.2, -0.15) is 0 Å². The predicted octanol–water partition coefficient (Wildman–Crippen LogP) is 2.94. The summed E-state index contributed by atoms with van der Waals surface area (Å²) in [6.07, 6.45) is 0.346. The molecule has 1 atom stereocenters. The molecule has 0 N–H and O–H groups in total. The molecule has 1 fully saturated rings. The summed E-state index contributed by atoms with van der Waals surface area (Å²) >= 11 is 1.57. The minimum Gasteiger partial charge on any atom is -0.497 e. The van der Waals surface area contributed by atoms with Crippen LogP contribution in [0.15, 0.2) is 40.3 Å². The van der Waals surface area contributed by atoms with Crippen LogP contribution in [0.5, 0.6) is 5.75 Å². The molecule has 3 heterocycles. The maximum Gasteiger partial charge on any atom is 0.254 e. The Labute approximate surface area is 187 Å². The van der Waals surface area contributed by atoms with Crippen molar-refractivity contribution in [3.8, 4) is 5.75 Å². The molecule has 1 aromatic heterocycles. The molecule has 2 aliphatic rings. The van der Waals surface area contributed by atoms with Gasteiger partial charge in [0.1, 0.15) is 5.75 Å². The van der Waals surface area contributed by atoms with Gasteiger partial charge in [-0.05, 0) is 24.3 Å². The van der Waals surface area contributed by atoms with Crippen molar-refractivity contribution in [2.45, 2.75) is 43.8 Å². The van der Waals surface area contributed by atoms with Crippen molar-refractivity contribution in [2.75, 3.05) is 43.9 Å². The van der Waals surface area contributed by atoms with Gasteiger partial charge in [0.15, 0.2) is 5.16 Å². The Bertz CT molecular complexity index is 1000. The van der Waals surface area contributed by atoms with Crippen molar-refractivity contribution in [3.05, 3.63) is 46.4 Å². The molecule has 1 saturated heterocycles. The van der Waals surface area contributed by atoms with Crippen LogP contribution in [0.4, 0.5) is 5.69 Å². The summed E-state index contributed by atoms with van der Waals surface area (Å²) in [7, 11) is 1.66. The van der Waals surface area contributed by atoms with Crippen LogP contribution in [-0.4, -0.2) is 59.4 Å². The average Bonchev–Trinajstić information content (AvgIpc) is 3.16. The lowest BCUT2D eigenvalue weighted by Gasteiger charge is -2.36. The highest BCUT2D eigenvalue weighted by atomic mass is 32.2. The first-order chi connectivity index (χ1) is 14.8. The highest BCUT2D eigenvalue weighted by molar-refractivity contribution is 7.99. The molecule has 1 unspecified atom stereocenters. The van der Waals surface area contributed by atoms with E-state index in [2.05, 4.69) is 25.7 Å². The van der Waals surface area contributed by atoms with Crippen LogP contribution in [0.1, 0.15) is 38.9 Å². The number of methoxy groups -OCH3 is 1. The van der Waals surface area contributed by atoms with Gasteiger partial charge < -0.3 is 14.5 Å². The number of piperazine rings is 1. The zero-order valence-corrected chi connectivity index (χ0v) is 19.4. The summed E-state index contributed by atoms with van der Waals surface area (Å²) in [4.78, 5) is 34.6. The molecular weight excluding hydrogens is 412 g/mol. The molecule has 0 radical (unpaired) electrons. The Kier molecular flexibility index (Phi) is 6.01. The number of anilines is 1. The second kappa shape index (κ2) is 8.57. The van der Waals surface area contributed by atoms with Crippen LogP contribution < -0.4 is 15.2 Å². The number of hydrogen-bond donors (Lipinski definition) is 0. The summed E-state index contributed by atoms with van der Waals surface area (Å²) in [6, 6.07) is 9.52. The summed E-state index contributed by atoms with van der Waals surface area (Å²) in [5.41, 5.74) is 1.72. The maximum atomic E-state index is 13.0. The van der Waals surface area contributed by atoms with Crippen LogP contribution in [0, 0.1) is 0 Å². The van der Waals surface area contributed by atoms with E-state index in [0.717, 1.165) is 35.4 Å². The minimum absolute atomic E-state index is 0.0537. The summed E-state index contributed by atoms with van der Waals surface area (Å²) in [5.74, 6) is 1.67. The number of benzene rings is 1. The monoisotopic (exact) mass is 442 g/mol.